The van der Waals surface area contributed by atoms with Gasteiger partial charge in [0.2, 0.25) is 0 Å². The van der Waals surface area contributed by atoms with E-state index in [9.17, 15) is 0 Å². The highest BCUT2D eigenvalue weighted by atomic mass is 15.1. The normalized spacial score (nSPS) is 10.8. The molecule has 0 atom stereocenters. The van der Waals surface area contributed by atoms with Crippen molar-refractivity contribution in [3.63, 3.8) is 0 Å². The quantitative estimate of drug-likeness (QED) is 0.667. The zero-order valence-corrected chi connectivity index (χ0v) is 10.00. The molecule has 0 aliphatic carbocycles. The predicted octanol–water partition coefficient (Wildman–Crippen LogP) is 2.57. The van der Waals surface area contributed by atoms with E-state index in [2.05, 4.69) is 28.0 Å². The standard InChI is InChI=1S/C12H23N3/c1-3-4-5-6-7-9-15-10-8-14-12(15)11-13-2/h8,10,13H,3-7,9,11H2,1-2H3. The van der Waals surface area contributed by atoms with Gasteiger partial charge in [0.1, 0.15) is 5.82 Å². The van der Waals surface area contributed by atoms with Gasteiger partial charge in [0.15, 0.2) is 0 Å². The number of aromatic nitrogens is 2. The first-order valence-electron chi connectivity index (χ1n) is 6.03. The highest BCUT2D eigenvalue weighted by molar-refractivity contribution is 4.91. The van der Waals surface area contributed by atoms with E-state index in [4.69, 9.17) is 0 Å². The Kier molecular flexibility index (Phi) is 6.09. The summed E-state index contributed by atoms with van der Waals surface area (Å²) in [5.41, 5.74) is 0. The van der Waals surface area contributed by atoms with Gasteiger partial charge < -0.3 is 9.88 Å². The molecule has 0 aliphatic heterocycles. The summed E-state index contributed by atoms with van der Waals surface area (Å²) in [6, 6.07) is 0. The van der Waals surface area contributed by atoms with Gasteiger partial charge in [-0.25, -0.2) is 4.98 Å². The second-order valence-electron chi connectivity index (χ2n) is 3.98. The van der Waals surface area contributed by atoms with E-state index in [1.165, 1.54) is 32.1 Å². The molecule has 3 nitrogen and oxygen atoms in total. The van der Waals surface area contributed by atoms with Crippen LogP contribution < -0.4 is 5.32 Å². The summed E-state index contributed by atoms with van der Waals surface area (Å²) in [6.07, 6.45) is 10.6. The lowest BCUT2D eigenvalue weighted by Crippen LogP contribution is -2.12. The lowest BCUT2D eigenvalue weighted by atomic mass is 10.1. The second-order valence-corrected chi connectivity index (χ2v) is 3.98. The van der Waals surface area contributed by atoms with Gasteiger partial charge in [-0.15, -0.1) is 0 Å². The van der Waals surface area contributed by atoms with Crippen LogP contribution in [0.3, 0.4) is 0 Å². The topological polar surface area (TPSA) is 29.9 Å². The van der Waals surface area contributed by atoms with Gasteiger partial charge in [-0.05, 0) is 13.5 Å². The fourth-order valence-electron chi connectivity index (χ4n) is 1.75. The molecule has 15 heavy (non-hydrogen) atoms. The molecule has 0 fully saturated rings. The maximum Gasteiger partial charge on any atom is 0.122 e. The summed E-state index contributed by atoms with van der Waals surface area (Å²) in [6.45, 7) is 4.23. The Hall–Kier alpha value is -0.830. The molecule has 1 aromatic heterocycles. The van der Waals surface area contributed by atoms with E-state index < -0.39 is 0 Å². The second kappa shape index (κ2) is 7.46. The van der Waals surface area contributed by atoms with Crippen molar-refractivity contribution in [2.45, 2.75) is 52.1 Å². The minimum atomic E-state index is 0.863. The number of imidazole rings is 1. The molecule has 0 radical (unpaired) electrons. The molecule has 1 aromatic rings. The van der Waals surface area contributed by atoms with Gasteiger partial charge in [-0.2, -0.15) is 0 Å². The number of unbranched alkanes of at least 4 members (excludes halogenated alkanes) is 4. The van der Waals surface area contributed by atoms with Gasteiger partial charge in [0.05, 0.1) is 6.54 Å². The average Bonchev–Trinajstić information content (AvgIpc) is 2.66. The van der Waals surface area contributed by atoms with Gasteiger partial charge in [-0.1, -0.05) is 32.6 Å². The van der Waals surface area contributed by atoms with Crippen molar-refractivity contribution in [1.82, 2.24) is 14.9 Å². The minimum absolute atomic E-state index is 0.863. The van der Waals surface area contributed by atoms with Crippen LogP contribution in [0, 0.1) is 0 Å². The van der Waals surface area contributed by atoms with Crippen LogP contribution >= 0.6 is 0 Å². The van der Waals surface area contributed by atoms with E-state index in [1.807, 2.05) is 13.2 Å². The number of aryl methyl sites for hydroxylation is 1. The molecule has 1 heterocycles. The number of hydrogen-bond donors (Lipinski definition) is 1. The Bertz CT molecular complexity index is 255. The van der Waals surface area contributed by atoms with Gasteiger partial charge in [0.25, 0.3) is 0 Å². The SMILES string of the molecule is CCCCCCCn1ccnc1CNC. The van der Waals surface area contributed by atoms with Gasteiger partial charge in [0, 0.05) is 18.9 Å². The molecular formula is C12H23N3. The van der Waals surface area contributed by atoms with Crippen LogP contribution in [0.1, 0.15) is 44.9 Å². The number of hydrogen-bond acceptors (Lipinski definition) is 2. The summed E-state index contributed by atoms with van der Waals surface area (Å²) in [4.78, 5) is 4.32. The lowest BCUT2D eigenvalue weighted by molar-refractivity contribution is 0.547. The maximum atomic E-state index is 4.32. The van der Waals surface area contributed by atoms with E-state index in [-0.39, 0.29) is 0 Å². The number of rotatable bonds is 8. The van der Waals surface area contributed by atoms with Crippen molar-refractivity contribution in [2.24, 2.45) is 0 Å². The molecule has 1 rings (SSSR count). The third-order valence-corrected chi connectivity index (χ3v) is 2.64. The van der Waals surface area contributed by atoms with Gasteiger partial charge in [-0.3, -0.25) is 0 Å². The highest BCUT2D eigenvalue weighted by Crippen LogP contribution is 2.06. The van der Waals surface area contributed by atoms with Crippen LogP contribution in [0.15, 0.2) is 12.4 Å². The summed E-state index contributed by atoms with van der Waals surface area (Å²) < 4.78 is 2.25. The van der Waals surface area contributed by atoms with Crippen LogP contribution in [-0.4, -0.2) is 16.6 Å². The van der Waals surface area contributed by atoms with E-state index in [1.54, 1.807) is 0 Å². The lowest BCUT2D eigenvalue weighted by Gasteiger charge is -2.06. The van der Waals surface area contributed by atoms with Crippen molar-refractivity contribution >= 4 is 0 Å². The Morgan fingerprint density at radius 2 is 2.07 bits per heavy atom. The third kappa shape index (κ3) is 4.47. The fraction of sp³-hybridized carbons (Fsp3) is 0.750. The molecule has 0 unspecified atom stereocenters. The van der Waals surface area contributed by atoms with Crippen molar-refractivity contribution in [3.05, 3.63) is 18.2 Å². The summed E-state index contributed by atoms with van der Waals surface area (Å²) >= 11 is 0. The van der Waals surface area contributed by atoms with Crippen molar-refractivity contribution in [2.75, 3.05) is 7.05 Å². The third-order valence-electron chi connectivity index (χ3n) is 2.64. The van der Waals surface area contributed by atoms with Crippen molar-refractivity contribution in [1.29, 1.82) is 0 Å². The van der Waals surface area contributed by atoms with Crippen LogP contribution in [-0.2, 0) is 13.1 Å². The summed E-state index contributed by atoms with van der Waals surface area (Å²) in [5, 5.41) is 3.14. The molecule has 0 aliphatic rings. The van der Waals surface area contributed by atoms with Gasteiger partial charge >= 0.3 is 0 Å². The first-order chi connectivity index (χ1) is 7.38. The van der Waals surface area contributed by atoms with Crippen LogP contribution in [0.5, 0.6) is 0 Å². The fourth-order valence-corrected chi connectivity index (χ4v) is 1.75. The predicted molar refractivity (Wildman–Crippen MR) is 63.7 cm³/mol. The molecule has 0 saturated heterocycles. The Morgan fingerprint density at radius 3 is 2.80 bits per heavy atom. The zero-order valence-electron chi connectivity index (χ0n) is 10.00. The first-order valence-corrected chi connectivity index (χ1v) is 6.03. The molecule has 3 heteroatoms. The van der Waals surface area contributed by atoms with Crippen molar-refractivity contribution < 1.29 is 0 Å². The smallest absolute Gasteiger partial charge is 0.122 e. The number of nitrogens with zero attached hydrogens (tertiary/aromatic N) is 2. The van der Waals surface area contributed by atoms with Crippen LogP contribution in [0.4, 0.5) is 0 Å². The minimum Gasteiger partial charge on any atom is -0.334 e. The molecule has 1 N–H and O–H groups in total. The maximum absolute atomic E-state index is 4.32. The number of nitrogens with one attached hydrogen (secondary N) is 1. The Morgan fingerprint density at radius 1 is 1.27 bits per heavy atom. The highest BCUT2D eigenvalue weighted by Gasteiger charge is 2.00. The Labute approximate surface area is 92.9 Å². The van der Waals surface area contributed by atoms with E-state index >= 15 is 0 Å². The van der Waals surface area contributed by atoms with E-state index in [0.29, 0.717) is 0 Å². The monoisotopic (exact) mass is 209 g/mol. The van der Waals surface area contributed by atoms with Crippen molar-refractivity contribution in [3.8, 4) is 0 Å². The Balaban J connectivity index is 2.21. The molecular weight excluding hydrogens is 186 g/mol. The molecule has 0 saturated carbocycles. The molecule has 0 bridgehead atoms. The summed E-state index contributed by atoms with van der Waals surface area (Å²) in [5.74, 6) is 1.15. The van der Waals surface area contributed by atoms with Crippen LogP contribution in [0.2, 0.25) is 0 Å². The van der Waals surface area contributed by atoms with Crippen LogP contribution in [0.25, 0.3) is 0 Å². The first kappa shape index (κ1) is 12.2. The summed E-state index contributed by atoms with van der Waals surface area (Å²) in [7, 11) is 1.96. The average molecular weight is 209 g/mol. The van der Waals surface area contributed by atoms with E-state index in [0.717, 1.165) is 18.9 Å². The largest absolute Gasteiger partial charge is 0.334 e. The molecule has 86 valence electrons. The zero-order chi connectivity index (χ0) is 10.9. The molecule has 0 aromatic carbocycles. The molecule has 0 amide bonds. The molecule has 0 spiro atoms.